The first-order chi connectivity index (χ1) is 9.85. The third kappa shape index (κ3) is 6.82. The van der Waals surface area contributed by atoms with Crippen LogP contribution in [0.1, 0.15) is 40.2 Å². The number of hydrogen-bond donors (Lipinski definition) is 2. The molecular formula is C17H29NO3. The molecule has 0 saturated carbocycles. The molecule has 0 spiro atoms. The average molecular weight is 295 g/mol. The lowest BCUT2D eigenvalue weighted by Gasteiger charge is -2.21. The van der Waals surface area contributed by atoms with E-state index in [0.717, 1.165) is 23.6 Å². The van der Waals surface area contributed by atoms with Crippen LogP contribution in [0.2, 0.25) is 0 Å². The normalized spacial score (nSPS) is 13.0. The van der Waals surface area contributed by atoms with Gasteiger partial charge in [-0.2, -0.15) is 0 Å². The Balaban J connectivity index is 2.76. The number of rotatable bonds is 8. The molecule has 4 nitrogen and oxygen atoms in total. The van der Waals surface area contributed by atoms with Gasteiger partial charge in [0.25, 0.3) is 0 Å². The highest BCUT2D eigenvalue weighted by Crippen LogP contribution is 2.29. The van der Waals surface area contributed by atoms with Crippen LogP contribution in [0, 0.1) is 5.92 Å². The summed E-state index contributed by atoms with van der Waals surface area (Å²) in [7, 11) is 0. The molecule has 0 aromatic heterocycles. The molecule has 1 aromatic carbocycles. The Morgan fingerprint density at radius 2 is 1.90 bits per heavy atom. The van der Waals surface area contributed by atoms with E-state index in [1.54, 1.807) is 0 Å². The summed E-state index contributed by atoms with van der Waals surface area (Å²) in [6.45, 7) is 12.3. The van der Waals surface area contributed by atoms with Gasteiger partial charge in [0, 0.05) is 24.6 Å². The van der Waals surface area contributed by atoms with E-state index < -0.39 is 0 Å². The van der Waals surface area contributed by atoms with Gasteiger partial charge in [0.1, 0.15) is 0 Å². The first kappa shape index (κ1) is 17.8. The fourth-order valence-corrected chi connectivity index (χ4v) is 1.70. The fourth-order valence-electron chi connectivity index (χ4n) is 1.70. The monoisotopic (exact) mass is 295 g/mol. The summed E-state index contributed by atoms with van der Waals surface area (Å²) in [5.74, 6) is 1.61. The van der Waals surface area contributed by atoms with Crippen LogP contribution in [-0.4, -0.2) is 30.5 Å². The van der Waals surface area contributed by atoms with E-state index in [2.05, 4.69) is 26.1 Å². The lowest BCUT2D eigenvalue weighted by atomic mass is 10.1. The molecule has 0 saturated heterocycles. The van der Waals surface area contributed by atoms with Crippen molar-refractivity contribution in [2.24, 2.45) is 5.92 Å². The summed E-state index contributed by atoms with van der Waals surface area (Å²) in [4.78, 5) is 0. The molecule has 0 amide bonds. The van der Waals surface area contributed by atoms with Gasteiger partial charge >= 0.3 is 0 Å². The largest absolute Gasteiger partial charge is 0.490 e. The van der Waals surface area contributed by atoms with Crippen molar-refractivity contribution in [2.75, 3.05) is 19.8 Å². The SMILES string of the molecule is CCOc1cc(CNC(C)(C)C)ccc1OCC(C)CO. The molecule has 1 rings (SSSR count). The summed E-state index contributed by atoms with van der Waals surface area (Å²) in [5.41, 5.74) is 1.24. The van der Waals surface area contributed by atoms with Gasteiger partial charge in [0.2, 0.25) is 0 Å². The van der Waals surface area contributed by atoms with E-state index in [9.17, 15) is 0 Å². The lowest BCUT2D eigenvalue weighted by molar-refractivity contribution is 0.170. The molecule has 0 aliphatic carbocycles. The second kappa shape index (κ2) is 8.25. The van der Waals surface area contributed by atoms with Crippen molar-refractivity contribution in [3.8, 4) is 11.5 Å². The van der Waals surface area contributed by atoms with E-state index >= 15 is 0 Å². The first-order valence-corrected chi connectivity index (χ1v) is 7.60. The van der Waals surface area contributed by atoms with E-state index in [4.69, 9.17) is 14.6 Å². The highest BCUT2D eigenvalue weighted by Gasteiger charge is 2.11. The van der Waals surface area contributed by atoms with Gasteiger partial charge in [-0.1, -0.05) is 13.0 Å². The summed E-state index contributed by atoms with van der Waals surface area (Å²) in [6, 6.07) is 6.00. The molecule has 2 N–H and O–H groups in total. The molecule has 0 aliphatic rings. The Morgan fingerprint density at radius 1 is 1.19 bits per heavy atom. The van der Waals surface area contributed by atoms with Gasteiger partial charge in [-0.15, -0.1) is 0 Å². The Hall–Kier alpha value is -1.26. The highest BCUT2D eigenvalue weighted by molar-refractivity contribution is 5.43. The second-order valence-corrected chi connectivity index (χ2v) is 6.42. The molecule has 21 heavy (non-hydrogen) atoms. The van der Waals surface area contributed by atoms with Gasteiger partial charge < -0.3 is 19.9 Å². The summed E-state index contributed by atoms with van der Waals surface area (Å²) in [6.07, 6.45) is 0. The lowest BCUT2D eigenvalue weighted by Crippen LogP contribution is -2.35. The molecule has 1 aromatic rings. The van der Waals surface area contributed by atoms with Gasteiger partial charge in [-0.25, -0.2) is 0 Å². The molecule has 120 valence electrons. The summed E-state index contributed by atoms with van der Waals surface area (Å²) in [5, 5.41) is 12.5. The van der Waals surface area contributed by atoms with Crippen LogP contribution in [0.3, 0.4) is 0 Å². The van der Waals surface area contributed by atoms with E-state index in [0.29, 0.717) is 13.2 Å². The Labute approximate surface area is 128 Å². The van der Waals surface area contributed by atoms with Crippen molar-refractivity contribution in [3.63, 3.8) is 0 Å². The zero-order valence-electron chi connectivity index (χ0n) is 13.9. The maximum atomic E-state index is 9.06. The zero-order chi connectivity index (χ0) is 15.9. The minimum atomic E-state index is 0.0809. The van der Waals surface area contributed by atoms with Gasteiger partial charge in [-0.05, 0) is 45.4 Å². The van der Waals surface area contributed by atoms with Crippen LogP contribution in [-0.2, 0) is 6.54 Å². The summed E-state index contributed by atoms with van der Waals surface area (Å²) < 4.78 is 11.4. The molecule has 0 heterocycles. The Bertz CT molecular complexity index is 427. The molecule has 1 unspecified atom stereocenters. The van der Waals surface area contributed by atoms with E-state index in [1.807, 2.05) is 32.0 Å². The van der Waals surface area contributed by atoms with Crippen molar-refractivity contribution in [1.29, 1.82) is 0 Å². The smallest absolute Gasteiger partial charge is 0.161 e. The van der Waals surface area contributed by atoms with Crippen molar-refractivity contribution in [2.45, 2.75) is 46.7 Å². The van der Waals surface area contributed by atoms with Crippen molar-refractivity contribution in [1.82, 2.24) is 5.32 Å². The third-order valence-corrected chi connectivity index (χ3v) is 2.97. The van der Waals surface area contributed by atoms with Crippen LogP contribution in [0.5, 0.6) is 11.5 Å². The molecular weight excluding hydrogens is 266 g/mol. The molecule has 0 aliphatic heterocycles. The zero-order valence-corrected chi connectivity index (χ0v) is 13.9. The summed E-state index contributed by atoms with van der Waals surface area (Å²) >= 11 is 0. The molecule has 1 atom stereocenters. The predicted octanol–water partition coefficient (Wildman–Crippen LogP) is 2.98. The minimum absolute atomic E-state index is 0.0809. The number of aliphatic hydroxyl groups is 1. The third-order valence-electron chi connectivity index (χ3n) is 2.97. The van der Waals surface area contributed by atoms with Gasteiger partial charge in [0.15, 0.2) is 11.5 Å². The molecule has 4 heteroatoms. The van der Waals surface area contributed by atoms with E-state index in [1.165, 1.54) is 0 Å². The number of hydrogen-bond acceptors (Lipinski definition) is 4. The Morgan fingerprint density at radius 3 is 2.48 bits per heavy atom. The maximum Gasteiger partial charge on any atom is 0.161 e. The fraction of sp³-hybridized carbons (Fsp3) is 0.647. The number of benzene rings is 1. The average Bonchev–Trinajstić information content (AvgIpc) is 2.43. The van der Waals surface area contributed by atoms with Crippen molar-refractivity contribution < 1.29 is 14.6 Å². The van der Waals surface area contributed by atoms with Gasteiger partial charge in [-0.3, -0.25) is 0 Å². The maximum absolute atomic E-state index is 9.06. The highest BCUT2D eigenvalue weighted by atomic mass is 16.5. The number of nitrogens with one attached hydrogen (secondary N) is 1. The van der Waals surface area contributed by atoms with Crippen LogP contribution < -0.4 is 14.8 Å². The standard InChI is InChI=1S/C17H29NO3/c1-6-20-16-9-14(10-18-17(3,4)5)7-8-15(16)21-12-13(2)11-19/h7-9,13,18-19H,6,10-12H2,1-5H3. The van der Waals surface area contributed by atoms with Gasteiger partial charge in [0.05, 0.1) is 13.2 Å². The number of aliphatic hydroxyl groups excluding tert-OH is 1. The number of ether oxygens (including phenoxy) is 2. The first-order valence-electron chi connectivity index (χ1n) is 7.60. The molecule has 0 fully saturated rings. The second-order valence-electron chi connectivity index (χ2n) is 6.42. The van der Waals surface area contributed by atoms with Crippen LogP contribution >= 0.6 is 0 Å². The van der Waals surface area contributed by atoms with Crippen LogP contribution in [0.25, 0.3) is 0 Å². The van der Waals surface area contributed by atoms with Crippen LogP contribution in [0.4, 0.5) is 0 Å². The Kier molecular flexibility index (Phi) is 6.99. The van der Waals surface area contributed by atoms with Crippen LogP contribution in [0.15, 0.2) is 18.2 Å². The quantitative estimate of drug-likeness (QED) is 0.774. The molecule has 0 radical (unpaired) electrons. The molecule has 0 bridgehead atoms. The van der Waals surface area contributed by atoms with Crippen molar-refractivity contribution >= 4 is 0 Å². The minimum Gasteiger partial charge on any atom is -0.490 e. The van der Waals surface area contributed by atoms with E-state index in [-0.39, 0.29) is 18.1 Å². The topological polar surface area (TPSA) is 50.7 Å². The predicted molar refractivity (Wildman–Crippen MR) is 85.9 cm³/mol. The van der Waals surface area contributed by atoms with Crippen molar-refractivity contribution in [3.05, 3.63) is 23.8 Å².